The molecule has 4 heteroatoms. The van der Waals surface area contributed by atoms with Gasteiger partial charge in [0.15, 0.2) is 0 Å². The molecule has 0 amide bonds. The molecule has 1 fully saturated rings. The van der Waals surface area contributed by atoms with Gasteiger partial charge < -0.3 is 14.8 Å². The van der Waals surface area contributed by atoms with Crippen molar-refractivity contribution in [1.82, 2.24) is 10.2 Å². The van der Waals surface area contributed by atoms with Gasteiger partial charge in [0.2, 0.25) is 0 Å². The topological polar surface area (TPSA) is 33.7 Å². The van der Waals surface area contributed by atoms with Crippen molar-refractivity contribution < 1.29 is 9.47 Å². The first-order chi connectivity index (χ1) is 7.79. The molecule has 1 rings (SSSR count). The van der Waals surface area contributed by atoms with Gasteiger partial charge >= 0.3 is 0 Å². The Morgan fingerprint density at radius 1 is 1.25 bits per heavy atom. The maximum absolute atomic E-state index is 5.16. The first kappa shape index (κ1) is 13.9. The predicted octanol–water partition coefficient (Wildman–Crippen LogP) is 0.722. The van der Waals surface area contributed by atoms with Crippen LogP contribution in [0.15, 0.2) is 0 Å². The summed E-state index contributed by atoms with van der Waals surface area (Å²) in [5, 5.41) is 3.42. The van der Waals surface area contributed by atoms with Crippen molar-refractivity contribution in [3.05, 3.63) is 0 Å². The number of rotatable bonds is 10. The minimum atomic E-state index is 0.583. The molecule has 1 unspecified atom stereocenters. The van der Waals surface area contributed by atoms with Crippen molar-refractivity contribution in [1.29, 1.82) is 0 Å². The van der Waals surface area contributed by atoms with Crippen molar-refractivity contribution in [3.63, 3.8) is 0 Å². The van der Waals surface area contributed by atoms with Crippen LogP contribution in [0.1, 0.15) is 19.8 Å². The molecule has 4 nitrogen and oxygen atoms in total. The highest BCUT2D eigenvalue weighted by atomic mass is 16.5. The Bertz CT molecular complexity index is 174. The molecule has 1 atom stereocenters. The van der Waals surface area contributed by atoms with Crippen LogP contribution in [0, 0.1) is 0 Å². The Morgan fingerprint density at radius 2 is 1.94 bits per heavy atom. The van der Waals surface area contributed by atoms with Gasteiger partial charge in [0.1, 0.15) is 0 Å². The molecule has 0 aliphatic heterocycles. The van der Waals surface area contributed by atoms with E-state index in [9.17, 15) is 0 Å². The molecule has 1 aliphatic carbocycles. The predicted molar refractivity (Wildman–Crippen MR) is 65.8 cm³/mol. The minimum absolute atomic E-state index is 0.583. The van der Waals surface area contributed by atoms with Gasteiger partial charge in [-0.05, 0) is 19.8 Å². The normalized spacial score (nSPS) is 18.0. The second-order valence-corrected chi connectivity index (χ2v) is 4.51. The van der Waals surface area contributed by atoms with E-state index in [4.69, 9.17) is 9.47 Å². The van der Waals surface area contributed by atoms with E-state index in [1.807, 2.05) is 0 Å². The van der Waals surface area contributed by atoms with Gasteiger partial charge in [-0.1, -0.05) is 0 Å². The number of hydrogen-bond donors (Lipinski definition) is 1. The van der Waals surface area contributed by atoms with Gasteiger partial charge in [0.25, 0.3) is 0 Å². The lowest BCUT2D eigenvalue weighted by Crippen LogP contribution is -2.43. The Balaban J connectivity index is 2.16. The average Bonchev–Trinajstić information content (AvgIpc) is 3.09. The molecule has 0 aromatic carbocycles. The standard InChI is InChI=1S/C12H26N2O2/c1-11(10-13-6-8-15-2)14(7-9-16-3)12-4-5-12/h11-13H,4-10H2,1-3H3. The summed E-state index contributed by atoms with van der Waals surface area (Å²) < 4.78 is 10.2. The zero-order valence-corrected chi connectivity index (χ0v) is 10.9. The van der Waals surface area contributed by atoms with Crippen LogP contribution >= 0.6 is 0 Å². The van der Waals surface area contributed by atoms with Crippen molar-refractivity contribution in [2.24, 2.45) is 0 Å². The van der Waals surface area contributed by atoms with Crippen LogP contribution in [0.4, 0.5) is 0 Å². The van der Waals surface area contributed by atoms with E-state index in [1.165, 1.54) is 12.8 Å². The lowest BCUT2D eigenvalue weighted by Gasteiger charge is -2.29. The van der Waals surface area contributed by atoms with Crippen molar-refractivity contribution >= 4 is 0 Å². The average molecular weight is 230 g/mol. The number of nitrogens with one attached hydrogen (secondary N) is 1. The molecule has 0 aromatic rings. The summed E-state index contributed by atoms with van der Waals surface area (Å²) in [6.07, 6.45) is 2.71. The summed E-state index contributed by atoms with van der Waals surface area (Å²) >= 11 is 0. The van der Waals surface area contributed by atoms with Crippen LogP contribution < -0.4 is 5.32 Å². The van der Waals surface area contributed by atoms with Crippen molar-refractivity contribution in [2.45, 2.75) is 31.8 Å². The third kappa shape index (κ3) is 5.25. The Hall–Kier alpha value is -0.160. The second kappa shape index (κ2) is 8.01. The maximum Gasteiger partial charge on any atom is 0.0589 e. The Morgan fingerprint density at radius 3 is 2.50 bits per heavy atom. The molecule has 1 aliphatic rings. The molecule has 1 N–H and O–H groups in total. The second-order valence-electron chi connectivity index (χ2n) is 4.51. The van der Waals surface area contributed by atoms with E-state index >= 15 is 0 Å². The SMILES string of the molecule is COCCNCC(C)N(CCOC)C1CC1. The molecular weight excluding hydrogens is 204 g/mol. The summed E-state index contributed by atoms with van der Waals surface area (Å²) in [7, 11) is 3.51. The number of hydrogen-bond acceptors (Lipinski definition) is 4. The largest absolute Gasteiger partial charge is 0.383 e. The third-order valence-electron chi connectivity index (χ3n) is 3.06. The summed E-state index contributed by atoms with van der Waals surface area (Å²) in [6, 6.07) is 1.38. The fraction of sp³-hybridized carbons (Fsp3) is 1.00. The minimum Gasteiger partial charge on any atom is -0.383 e. The number of methoxy groups -OCH3 is 2. The van der Waals surface area contributed by atoms with Crippen LogP contribution in [0.2, 0.25) is 0 Å². The Kier molecular flexibility index (Phi) is 6.96. The molecule has 0 radical (unpaired) electrons. The van der Waals surface area contributed by atoms with Gasteiger partial charge in [0, 0.05) is 45.9 Å². The van der Waals surface area contributed by atoms with Crippen molar-refractivity contribution in [2.75, 3.05) is 47.1 Å². The number of nitrogens with zero attached hydrogens (tertiary/aromatic N) is 1. The van der Waals surface area contributed by atoms with E-state index in [1.54, 1.807) is 14.2 Å². The van der Waals surface area contributed by atoms with Gasteiger partial charge in [-0.2, -0.15) is 0 Å². The van der Waals surface area contributed by atoms with Crippen LogP contribution in [-0.4, -0.2) is 64.1 Å². The summed E-state index contributed by atoms with van der Waals surface area (Å²) in [5.41, 5.74) is 0. The zero-order chi connectivity index (χ0) is 11.8. The van der Waals surface area contributed by atoms with Crippen LogP contribution in [0.3, 0.4) is 0 Å². The maximum atomic E-state index is 5.16. The monoisotopic (exact) mass is 230 g/mol. The molecule has 1 saturated carbocycles. The van der Waals surface area contributed by atoms with E-state index in [-0.39, 0.29) is 0 Å². The van der Waals surface area contributed by atoms with E-state index in [0.717, 1.165) is 38.9 Å². The lowest BCUT2D eigenvalue weighted by atomic mass is 10.2. The first-order valence-electron chi connectivity index (χ1n) is 6.24. The molecule has 0 saturated heterocycles. The van der Waals surface area contributed by atoms with Crippen LogP contribution in [-0.2, 0) is 9.47 Å². The quantitative estimate of drug-likeness (QED) is 0.561. The fourth-order valence-electron chi connectivity index (χ4n) is 1.97. The van der Waals surface area contributed by atoms with E-state index in [0.29, 0.717) is 6.04 Å². The Labute approximate surface area is 99.3 Å². The van der Waals surface area contributed by atoms with Crippen LogP contribution in [0.5, 0.6) is 0 Å². The summed E-state index contributed by atoms with van der Waals surface area (Å²) in [5.74, 6) is 0. The summed E-state index contributed by atoms with van der Waals surface area (Å²) in [6.45, 7) is 6.92. The molecule has 16 heavy (non-hydrogen) atoms. The van der Waals surface area contributed by atoms with Gasteiger partial charge in [-0.15, -0.1) is 0 Å². The smallest absolute Gasteiger partial charge is 0.0589 e. The lowest BCUT2D eigenvalue weighted by molar-refractivity contribution is 0.117. The molecule has 0 spiro atoms. The van der Waals surface area contributed by atoms with E-state index in [2.05, 4.69) is 17.1 Å². The van der Waals surface area contributed by atoms with E-state index < -0.39 is 0 Å². The van der Waals surface area contributed by atoms with Gasteiger partial charge in [0.05, 0.1) is 13.2 Å². The molecule has 96 valence electrons. The molecule has 0 heterocycles. The fourth-order valence-corrected chi connectivity index (χ4v) is 1.97. The highest BCUT2D eigenvalue weighted by Gasteiger charge is 2.31. The first-order valence-corrected chi connectivity index (χ1v) is 6.24. The van der Waals surface area contributed by atoms with Crippen LogP contribution in [0.25, 0.3) is 0 Å². The van der Waals surface area contributed by atoms with Gasteiger partial charge in [-0.25, -0.2) is 0 Å². The highest BCUT2D eigenvalue weighted by molar-refractivity contribution is 4.87. The third-order valence-corrected chi connectivity index (χ3v) is 3.06. The summed E-state index contributed by atoms with van der Waals surface area (Å²) in [4.78, 5) is 2.56. The van der Waals surface area contributed by atoms with Gasteiger partial charge in [-0.3, -0.25) is 4.90 Å². The zero-order valence-electron chi connectivity index (χ0n) is 10.9. The van der Waals surface area contributed by atoms with Crippen molar-refractivity contribution in [3.8, 4) is 0 Å². The number of ether oxygens (including phenoxy) is 2. The highest BCUT2D eigenvalue weighted by Crippen LogP contribution is 2.28. The molecule has 0 aromatic heterocycles. The molecule has 0 bridgehead atoms. The molecular formula is C12H26N2O2.